The van der Waals surface area contributed by atoms with Gasteiger partial charge in [0.2, 0.25) is 0 Å². The number of nitrogen functional groups attached to an aromatic ring is 1. The van der Waals surface area contributed by atoms with Gasteiger partial charge in [-0.1, -0.05) is 0 Å². The molecule has 1 atom stereocenters. The van der Waals surface area contributed by atoms with E-state index < -0.39 is 5.60 Å². The highest BCUT2D eigenvalue weighted by atomic mass is 32.1. The van der Waals surface area contributed by atoms with Crippen molar-refractivity contribution in [1.82, 2.24) is 5.32 Å². The molecule has 0 radical (unpaired) electrons. The quantitative estimate of drug-likeness (QED) is 0.777. The fourth-order valence-corrected chi connectivity index (χ4v) is 3.35. The molecule has 2 aliphatic rings. The zero-order valence-corrected chi connectivity index (χ0v) is 11.8. The summed E-state index contributed by atoms with van der Waals surface area (Å²) in [6.07, 6.45) is 2.88. The van der Waals surface area contributed by atoms with Crippen LogP contribution in [0.15, 0.2) is 6.07 Å². The molecule has 0 aromatic carbocycles. The average molecular weight is 281 g/mol. The van der Waals surface area contributed by atoms with Crippen molar-refractivity contribution in [1.29, 1.82) is 0 Å². The molecule has 0 spiro atoms. The Morgan fingerprint density at radius 1 is 1.63 bits per heavy atom. The van der Waals surface area contributed by atoms with Crippen molar-refractivity contribution < 1.29 is 9.90 Å². The van der Waals surface area contributed by atoms with Crippen LogP contribution in [0.1, 0.15) is 35.9 Å². The van der Waals surface area contributed by atoms with E-state index in [-0.39, 0.29) is 5.91 Å². The van der Waals surface area contributed by atoms with Crippen LogP contribution in [0.3, 0.4) is 0 Å². The zero-order chi connectivity index (χ0) is 13.6. The predicted molar refractivity (Wildman–Crippen MR) is 76.7 cm³/mol. The van der Waals surface area contributed by atoms with Gasteiger partial charge in [0.1, 0.15) is 4.88 Å². The molecule has 1 aliphatic carbocycles. The molecule has 19 heavy (non-hydrogen) atoms. The lowest BCUT2D eigenvalue weighted by molar-refractivity contribution is 0.0839. The van der Waals surface area contributed by atoms with E-state index in [1.54, 1.807) is 0 Å². The summed E-state index contributed by atoms with van der Waals surface area (Å²) in [4.78, 5) is 14.7. The number of thiophene rings is 1. The van der Waals surface area contributed by atoms with Crippen LogP contribution in [-0.2, 0) is 0 Å². The lowest BCUT2D eigenvalue weighted by Gasteiger charge is -2.18. The Morgan fingerprint density at radius 3 is 2.95 bits per heavy atom. The van der Waals surface area contributed by atoms with Crippen molar-refractivity contribution in [3.8, 4) is 0 Å². The number of anilines is 2. The van der Waals surface area contributed by atoms with Crippen LogP contribution >= 0.6 is 11.3 Å². The van der Waals surface area contributed by atoms with Crippen LogP contribution in [-0.4, -0.2) is 35.7 Å². The second-order valence-electron chi connectivity index (χ2n) is 5.79. The molecule has 1 aromatic heterocycles. The predicted octanol–water partition coefficient (Wildman–Crippen LogP) is 1.18. The number of carbonyl (C=O) groups is 1. The van der Waals surface area contributed by atoms with Crippen molar-refractivity contribution >= 4 is 27.9 Å². The first-order valence-corrected chi connectivity index (χ1v) is 7.44. The highest BCUT2D eigenvalue weighted by Crippen LogP contribution is 2.36. The van der Waals surface area contributed by atoms with Gasteiger partial charge in [-0.15, -0.1) is 11.3 Å². The molecule has 6 heteroatoms. The number of aliphatic hydroxyl groups is 1. The first-order valence-electron chi connectivity index (χ1n) is 6.62. The minimum Gasteiger partial charge on any atom is -0.397 e. The third-order valence-corrected chi connectivity index (χ3v) is 4.84. The normalized spacial score (nSPS) is 26.7. The number of carbonyl (C=O) groups excluding carboxylic acids is 1. The Bertz CT molecular complexity index is 508. The van der Waals surface area contributed by atoms with Gasteiger partial charge in [-0.05, 0) is 32.3 Å². The van der Waals surface area contributed by atoms with Crippen molar-refractivity contribution in [2.75, 3.05) is 23.7 Å². The molecule has 4 N–H and O–H groups in total. The molecular formula is C13H19N3O2S. The van der Waals surface area contributed by atoms with E-state index >= 15 is 0 Å². The first kappa shape index (κ1) is 12.7. The van der Waals surface area contributed by atoms with Gasteiger partial charge in [-0.25, -0.2) is 0 Å². The van der Waals surface area contributed by atoms with Gasteiger partial charge in [0.15, 0.2) is 0 Å². The maximum atomic E-state index is 12.0. The van der Waals surface area contributed by atoms with E-state index in [9.17, 15) is 9.90 Å². The number of hydrogen-bond acceptors (Lipinski definition) is 5. The van der Waals surface area contributed by atoms with Crippen LogP contribution in [0.2, 0.25) is 0 Å². The van der Waals surface area contributed by atoms with E-state index in [0.29, 0.717) is 23.2 Å². The molecule has 2 fully saturated rings. The maximum Gasteiger partial charge on any atom is 0.263 e. The number of nitrogens with two attached hydrogens (primary N) is 1. The Morgan fingerprint density at radius 2 is 2.37 bits per heavy atom. The number of amides is 1. The largest absolute Gasteiger partial charge is 0.397 e. The van der Waals surface area contributed by atoms with Gasteiger partial charge in [-0.3, -0.25) is 4.79 Å². The molecule has 1 unspecified atom stereocenters. The van der Waals surface area contributed by atoms with Crippen LogP contribution in [0.5, 0.6) is 0 Å². The van der Waals surface area contributed by atoms with E-state index in [0.717, 1.165) is 30.8 Å². The molecule has 1 amide bonds. The minimum absolute atomic E-state index is 0.0674. The van der Waals surface area contributed by atoms with E-state index in [2.05, 4.69) is 10.2 Å². The Balaban J connectivity index is 1.75. The van der Waals surface area contributed by atoms with Gasteiger partial charge in [0.05, 0.1) is 16.3 Å². The van der Waals surface area contributed by atoms with Crippen LogP contribution in [0, 0.1) is 0 Å². The maximum absolute atomic E-state index is 12.0. The average Bonchev–Trinajstić information content (AvgIpc) is 2.93. The van der Waals surface area contributed by atoms with Crippen molar-refractivity contribution in [2.45, 2.75) is 37.8 Å². The number of nitrogens with zero attached hydrogens (tertiary/aromatic N) is 1. The molecule has 104 valence electrons. The van der Waals surface area contributed by atoms with E-state index in [4.69, 9.17) is 5.73 Å². The van der Waals surface area contributed by atoms with Gasteiger partial charge in [0.25, 0.3) is 5.91 Å². The Kier molecular flexibility index (Phi) is 2.94. The second-order valence-corrected chi connectivity index (χ2v) is 6.82. The summed E-state index contributed by atoms with van der Waals surface area (Å²) < 4.78 is 0. The topological polar surface area (TPSA) is 78.6 Å². The summed E-state index contributed by atoms with van der Waals surface area (Å²) in [7, 11) is 0. The summed E-state index contributed by atoms with van der Waals surface area (Å²) in [6, 6.07) is 2.18. The van der Waals surface area contributed by atoms with Crippen LogP contribution in [0.25, 0.3) is 0 Å². The lowest BCUT2D eigenvalue weighted by atomic mass is 10.1. The van der Waals surface area contributed by atoms with Gasteiger partial charge in [-0.2, -0.15) is 0 Å². The lowest BCUT2D eigenvalue weighted by Crippen LogP contribution is -2.29. The third-order valence-electron chi connectivity index (χ3n) is 3.63. The third kappa shape index (κ3) is 2.69. The molecule has 1 aromatic rings. The highest BCUT2D eigenvalue weighted by molar-refractivity contribution is 7.18. The second kappa shape index (κ2) is 4.38. The number of β-amino-alcohol motifs (C(OH)–C–C–N with tert-alkyl or cyclic N) is 1. The SMILES string of the molecule is CC1(O)CCN(c2cc(N)c(C(=O)NC3CC3)s2)C1. The first-order chi connectivity index (χ1) is 8.94. The molecule has 1 saturated heterocycles. The molecule has 3 rings (SSSR count). The molecular weight excluding hydrogens is 262 g/mol. The van der Waals surface area contributed by atoms with E-state index in [1.165, 1.54) is 11.3 Å². The zero-order valence-electron chi connectivity index (χ0n) is 11.0. The van der Waals surface area contributed by atoms with E-state index in [1.807, 2.05) is 13.0 Å². The van der Waals surface area contributed by atoms with Gasteiger partial charge in [0, 0.05) is 19.1 Å². The summed E-state index contributed by atoms with van der Waals surface area (Å²) in [5.74, 6) is -0.0674. The standard InChI is InChI=1S/C13H19N3O2S/c1-13(18)4-5-16(7-13)10-6-9(14)11(19-10)12(17)15-8-2-3-8/h6,8,18H,2-5,7,14H2,1H3,(H,15,17). The van der Waals surface area contributed by atoms with Crippen molar-refractivity contribution in [3.05, 3.63) is 10.9 Å². The van der Waals surface area contributed by atoms with Crippen LogP contribution < -0.4 is 16.0 Å². The monoisotopic (exact) mass is 281 g/mol. The minimum atomic E-state index is -0.644. The summed E-state index contributed by atoms with van der Waals surface area (Å²) in [5.41, 5.74) is 5.82. The summed E-state index contributed by atoms with van der Waals surface area (Å²) in [6.45, 7) is 3.23. The smallest absolute Gasteiger partial charge is 0.263 e. The fraction of sp³-hybridized carbons (Fsp3) is 0.615. The van der Waals surface area contributed by atoms with Crippen molar-refractivity contribution in [2.24, 2.45) is 0 Å². The molecule has 5 nitrogen and oxygen atoms in total. The van der Waals surface area contributed by atoms with Gasteiger partial charge >= 0.3 is 0 Å². The summed E-state index contributed by atoms with van der Waals surface area (Å²) in [5, 5.41) is 13.9. The highest BCUT2D eigenvalue weighted by Gasteiger charge is 2.33. The Hall–Kier alpha value is -1.27. The summed E-state index contributed by atoms with van der Waals surface area (Å²) >= 11 is 1.41. The molecule has 2 heterocycles. The Labute approximate surface area is 116 Å². The number of nitrogens with one attached hydrogen (secondary N) is 1. The van der Waals surface area contributed by atoms with Crippen LogP contribution in [0.4, 0.5) is 10.7 Å². The molecule has 1 aliphatic heterocycles. The number of hydrogen-bond donors (Lipinski definition) is 3. The molecule has 1 saturated carbocycles. The van der Waals surface area contributed by atoms with Gasteiger partial charge < -0.3 is 21.1 Å². The number of rotatable bonds is 3. The van der Waals surface area contributed by atoms with Crippen molar-refractivity contribution in [3.63, 3.8) is 0 Å². The fourth-order valence-electron chi connectivity index (χ4n) is 2.34. The molecule has 0 bridgehead atoms.